The van der Waals surface area contributed by atoms with Crippen molar-refractivity contribution in [3.63, 3.8) is 0 Å². The minimum atomic E-state index is -0.480. The van der Waals surface area contributed by atoms with Gasteiger partial charge in [-0.1, -0.05) is 23.8 Å². The summed E-state index contributed by atoms with van der Waals surface area (Å²) in [5, 5.41) is 7.19. The van der Waals surface area contributed by atoms with Crippen molar-refractivity contribution in [1.29, 1.82) is 0 Å². The number of carbonyl (C=O) groups excluding carboxylic acids is 3. The first-order valence-electron chi connectivity index (χ1n) is 8.49. The zero-order valence-electron chi connectivity index (χ0n) is 14.2. The molecular formula is C18H16ClN5O3. The van der Waals surface area contributed by atoms with Crippen LogP contribution in [0.4, 0.5) is 5.69 Å². The Bertz CT molecular complexity index is 914. The third kappa shape index (κ3) is 3.23. The number of rotatable bonds is 4. The highest BCUT2D eigenvalue weighted by molar-refractivity contribution is 6.31. The molecule has 0 saturated carbocycles. The van der Waals surface area contributed by atoms with Gasteiger partial charge in [0.2, 0.25) is 17.7 Å². The largest absolute Gasteiger partial charge is 0.323 e. The molecule has 9 heteroatoms. The predicted molar refractivity (Wildman–Crippen MR) is 97.1 cm³/mol. The standard InChI is InChI=1S/C18H16ClN5O3/c19-11-5-6-15(24-10-20-9-21-24)14(7-11)22-16(25)8-23-17(26)12-3-1-2-4-13(12)18(23)27/h1-2,5-7,9-10,12-13H,3-4,8H2,(H,22,25)/t12-,13+. The lowest BCUT2D eigenvalue weighted by Gasteiger charge is -2.16. The Balaban J connectivity index is 1.52. The smallest absolute Gasteiger partial charge is 0.244 e. The molecule has 4 rings (SSSR count). The van der Waals surface area contributed by atoms with Gasteiger partial charge in [0.15, 0.2) is 0 Å². The molecule has 0 bridgehead atoms. The molecule has 8 nitrogen and oxygen atoms in total. The number of allylic oxidation sites excluding steroid dienone is 2. The molecular weight excluding hydrogens is 370 g/mol. The van der Waals surface area contributed by atoms with E-state index in [0.29, 0.717) is 29.2 Å². The van der Waals surface area contributed by atoms with E-state index in [2.05, 4.69) is 15.4 Å². The molecule has 1 fully saturated rings. The van der Waals surface area contributed by atoms with E-state index in [1.54, 1.807) is 18.2 Å². The molecule has 1 aliphatic carbocycles. The van der Waals surface area contributed by atoms with Crippen LogP contribution in [0.25, 0.3) is 5.69 Å². The molecule has 138 valence electrons. The molecule has 1 aromatic carbocycles. The number of aromatic nitrogens is 3. The minimum Gasteiger partial charge on any atom is -0.323 e. The highest BCUT2D eigenvalue weighted by atomic mass is 35.5. The lowest BCUT2D eigenvalue weighted by atomic mass is 9.85. The molecule has 2 atom stereocenters. The number of likely N-dealkylation sites (tertiary alicyclic amines) is 1. The summed E-state index contributed by atoms with van der Waals surface area (Å²) in [4.78, 5) is 42.5. The summed E-state index contributed by atoms with van der Waals surface area (Å²) >= 11 is 6.04. The molecule has 1 N–H and O–H groups in total. The molecule has 0 unspecified atom stereocenters. The SMILES string of the molecule is O=C(CN1C(=O)[C@H]2CC=CC[C@H]2C1=O)Nc1cc(Cl)ccc1-n1cncn1. The molecule has 1 aromatic heterocycles. The quantitative estimate of drug-likeness (QED) is 0.639. The fourth-order valence-corrected chi connectivity index (χ4v) is 3.67. The Labute approximate surface area is 159 Å². The summed E-state index contributed by atoms with van der Waals surface area (Å²) in [5.74, 6) is -1.76. The predicted octanol–water partition coefficient (Wildman–Crippen LogP) is 1.81. The van der Waals surface area contributed by atoms with Crippen molar-refractivity contribution in [2.75, 3.05) is 11.9 Å². The molecule has 2 heterocycles. The Hall–Kier alpha value is -3.00. The van der Waals surface area contributed by atoms with E-state index in [1.807, 2.05) is 12.2 Å². The van der Waals surface area contributed by atoms with Crippen LogP contribution in [0.2, 0.25) is 5.02 Å². The van der Waals surface area contributed by atoms with Gasteiger partial charge in [-0.05, 0) is 31.0 Å². The summed E-state index contributed by atoms with van der Waals surface area (Å²) < 4.78 is 1.48. The molecule has 1 saturated heterocycles. The number of halogens is 1. The maximum Gasteiger partial charge on any atom is 0.244 e. The number of nitrogens with zero attached hydrogens (tertiary/aromatic N) is 4. The van der Waals surface area contributed by atoms with Gasteiger partial charge in [0, 0.05) is 5.02 Å². The minimum absolute atomic E-state index is 0.285. The number of fused-ring (bicyclic) bond motifs is 1. The lowest BCUT2D eigenvalue weighted by Crippen LogP contribution is -2.38. The van der Waals surface area contributed by atoms with Crippen molar-refractivity contribution < 1.29 is 14.4 Å². The van der Waals surface area contributed by atoms with Crippen LogP contribution in [0.15, 0.2) is 43.0 Å². The van der Waals surface area contributed by atoms with Crippen LogP contribution in [0.5, 0.6) is 0 Å². The average Bonchev–Trinajstić information content (AvgIpc) is 3.26. The molecule has 0 radical (unpaired) electrons. The summed E-state index contributed by atoms with van der Waals surface area (Å²) in [6, 6.07) is 4.94. The molecule has 3 amide bonds. The van der Waals surface area contributed by atoms with E-state index in [4.69, 9.17) is 11.6 Å². The van der Waals surface area contributed by atoms with E-state index in [9.17, 15) is 14.4 Å². The van der Waals surface area contributed by atoms with Gasteiger partial charge in [-0.2, -0.15) is 5.10 Å². The summed E-state index contributed by atoms with van der Waals surface area (Å²) in [6.07, 6.45) is 7.76. The van der Waals surface area contributed by atoms with E-state index in [0.717, 1.165) is 4.90 Å². The van der Waals surface area contributed by atoms with Crippen molar-refractivity contribution in [2.24, 2.45) is 11.8 Å². The molecule has 0 spiro atoms. The zero-order chi connectivity index (χ0) is 19.0. The van der Waals surface area contributed by atoms with Crippen molar-refractivity contribution >= 4 is 35.0 Å². The van der Waals surface area contributed by atoms with Gasteiger partial charge in [-0.15, -0.1) is 0 Å². The number of anilines is 1. The molecule has 27 heavy (non-hydrogen) atoms. The first kappa shape index (κ1) is 17.4. The topological polar surface area (TPSA) is 97.2 Å². The second kappa shape index (κ2) is 6.96. The third-order valence-electron chi connectivity index (χ3n) is 4.80. The highest BCUT2D eigenvalue weighted by Gasteiger charge is 2.47. The number of nitrogens with one attached hydrogen (secondary N) is 1. The van der Waals surface area contributed by atoms with Crippen LogP contribution < -0.4 is 5.32 Å². The normalized spacial score (nSPS) is 21.4. The van der Waals surface area contributed by atoms with E-state index in [1.165, 1.54) is 17.3 Å². The monoisotopic (exact) mass is 385 g/mol. The summed E-state index contributed by atoms with van der Waals surface area (Å²) in [7, 11) is 0. The first-order valence-corrected chi connectivity index (χ1v) is 8.87. The van der Waals surface area contributed by atoms with Gasteiger partial charge in [-0.25, -0.2) is 9.67 Å². The van der Waals surface area contributed by atoms with Gasteiger partial charge in [0.1, 0.15) is 19.2 Å². The van der Waals surface area contributed by atoms with Gasteiger partial charge >= 0.3 is 0 Å². The number of amides is 3. The number of imide groups is 1. The van der Waals surface area contributed by atoms with Gasteiger partial charge in [0.05, 0.1) is 23.2 Å². The van der Waals surface area contributed by atoms with Crippen LogP contribution in [-0.4, -0.2) is 43.9 Å². The Morgan fingerprint density at radius 2 is 1.89 bits per heavy atom. The number of hydrogen-bond donors (Lipinski definition) is 1. The first-order chi connectivity index (χ1) is 13.0. The van der Waals surface area contributed by atoms with Crippen LogP contribution in [0, 0.1) is 11.8 Å². The lowest BCUT2D eigenvalue weighted by molar-refractivity contribution is -0.142. The van der Waals surface area contributed by atoms with Crippen LogP contribution in [0.1, 0.15) is 12.8 Å². The number of hydrogen-bond acceptors (Lipinski definition) is 5. The third-order valence-corrected chi connectivity index (χ3v) is 5.03. The van der Waals surface area contributed by atoms with Crippen molar-refractivity contribution in [3.8, 4) is 5.69 Å². The van der Waals surface area contributed by atoms with E-state index >= 15 is 0 Å². The fourth-order valence-electron chi connectivity index (χ4n) is 3.50. The second-order valence-electron chi connectivity index (χ2n) is 6.47. The van der Waals surface area contributed by atoms with Gasteiger partial charge in [0.25, 0.3) is 0 Å². The number of carbonyl (C=O) groups is 3. The summed E-state index contributed by atoms with van der Waals surface area (Å²) in [5.41, 5.74) is 0.985. The van der Waals surface area contributed by atoms with Gasteiger partial charge < -0.3 is 5.32 Å². The Morgan fingerprint density at radius 3 is 2.52 bits per heavy atom. The molecule has 2 aliphatic rings. The highest BCUT2D eigenvalue weighted by Crippen LogP contribution is 2.35. The van der Waals surface area contributed by atoms with Crippen molar-refractivity contribution in [1.82, 2.24) is 19.7 Å². The Kier molecular flexibility index (Phi) is 4.49. The second-order valence-corrected chi connectivity index (χ2v) is 6.90. The van der Waals surface area contributed by atoms with Crippen LogP contribution in [0.3, 0.4) is 0 Å². The molecule has 1 aliphatic heterocycles. The summed E-state index contributed by atoms with van der Waals surface area (Å²) in [6.45, 7) is -0.325. The van der Waals surface area contributed by atoms with Crippen LogP contribution >= 0.6 is 11.6 Å². The van der Waals surface area contributed by atoms with E-state index in [-0.39, 0.29) is 30.2 Å². The van der Waals surface area contributed by atoms with E-state index < -0.39 is 5.91 Å². The van der Waals surface area contributed by atoms with Crippen LogP contribution in [-0.2, 0) is 14.4 Å². The maximum absolute atomic E-state index is 12.5. The Morgan fingerprint density at radius 1 is 1.19 bits per heavy atom. The average molecular weight is 386 g/mol. The van der Waals surface area contributed by atoms with Crippen molar-refractivity contribution in [2.45, 2.75) is 12.8 Å². The van der Waals surface area contributed by atoms with Gasteiger partial charge in [-0.3, -0.25) is 19.3 Å². The molecule has 2 aromatic rings. The zero-order valence-corrected chi connectivity index (χ0v) is 15.0. The fraction of sp³-hybridized carbons (Fsp3) is 0.278. The van der Waals surface area contributed by atoms with Crippen molar-refractivity contribution in [3.05, 3.63) is 48.0 Å². The maximum atomic E-state index is 12.5. The number of benzene rings is 1.